The summed E-state index contributed by atoms with van der Waals surface area (Å²) in [5.74, 6) is -0.289. The number of rotatable bonds is 3. The van der Waals surface area contributed by atoms with Crippen molar-refractivity contribution in [3.8, 4) is 0 Å². The van der Waals surface area contributed by atoms with Gasteiger partial charge in [0.05, 0.1) is 5.92 Å². The molecular weight excluding hydrogens is 338 g/mol. The maximum absolute atomic E-state index is 13.1. The van der Waals surface area contributed by atoms with Crippen molar-refractivity contribution in [3.05, 3.63) is 59.7 Å². The van der Waals surface area contributed by atoms with Crippen molar-refractivity contribution in [1.29, 1.82) is 0 Å². The summed E-state index contributed by atoms with van der Waals surface area (Å²) in [6.07, 6.45) is 2.70. The van der Waals surface area contributed by atoms with Gasteiger partial charge in [-0.25, -0.2) is 0 Å². The van der Waals surface area contributed by atoms with Gasteiger partial charge in [-0.3, -0.25) is 9.59 Å². The first kappa shape index (κ1) is 17.6. The average molecular weight is 363 g/mol. The molecule has 2 heterocycles. The SMILES string of the molecule is C[C@H]1Cc2ccccc2N1C(=O)c1ccc(N2CCC[C@@H](C(N)=O)C2)cc1. The molecule has 0 unspecified atom stereocenters. The first-order valence-electron chi connectivity index (χ1n) is 9.60. The molecule has 0 bridgehead atoms. The molecule has 2 aliphatic rings. The molecule has 4 rings (SSSR count). The Hall–Kier alpha value is -2.82. The van der Waals surface area contributed by atoms with Gasteiger partial charge in [-0.2, -0.15) is 0 Å². The second-order valence-electron chi connectivity index (χ2n) is 7.59. The largest absolute Gasteiger partial charge is 0.371 e. The summed E-state index contributed by atoms with van der Waals surface area (Å²) in [6, 6.07) is 16.0. The molecule has 2 aromatic carbocycles. The highest BCUT2D eigenvalue weighted by molar-refractivity contribution is 6.07. The van der Waals surface area contributed by atoms with Gasteiger partial charge < -0.3 is 15.5 Å². The van der Waals surface area contributed by atoms with Crippen molar-refractivity contribution in [1.82, 2.24) is 0 Å². The van der Waals surface area contributed by atoms with Crippen LogP contribution in [0.25, 0.3) is 0 Å². The number of fused-ring (bicyclic) bond motifs is 1. The van der Waals surface area contributed by atoms with Crippen molar-refractivity contribution in [2.45, 2.75) is 32.2 Å². The minimum absolute atomic E-state index is 0.0349. The number of benzene rings is 2. The summed E-state index contributed by atoms with van der Waals surface area (Å²) < 4.78 is 0. The van der Waals surface area contributed by atoms with Crippen LogP contribution in [0.3, 0.4) is 0 Å². The number of piperidine rings is 1. The molecule has 0 spiro atoms. The Kier molecular flexibility index (Phi) is 4.60. The van der Waals surface area contributed by atoms with Crippen LogP contribution in [-0.4, -0.2) is 30.9 Å². The zero-order valence-corrected chi connectivity index (χ0v) is 15.6. The molecule has 0 aromatic heterocycles. The molecule has 5 heteroatoms. The summed E-state index contributed by atoms with van der Waals surface area (Å²) in [4.78, 5) is 28.7. The smallest absolute Gasteiger partial charge is 0.258 e. The number of nitrogens with zero attached hydrogens (tertiary/aromatic N) is 2. The lowest BCUT2D eigenvalue weighted by atomic mass is 9.97. The summed E-state index contributed by atoms with van der Waals surface area (Å²) >= 11 is 0. The number of hydrogen-bond donors (Lipinski definition) is 1. The Bertz CT molecular complexity index is 862. The van der Waals surface area contributed by atoms with Gasteiger partial charge in [0, 0.05) is 36.1 Å². The van der Waals surface area contributed by atoms with E-state index >= 15 is 0 Å². The highest BCUT2D eigenvalue weighted by atomic mass is 16.2. The summed E-state index contributed by atoms with van der Waals surface area (Å²) in [5, 5.41) is 0. The van der Waals surface area contributed by atoms with Crippen molar-refractivity contribution in [2.24, 2.45) is 11.7 Å². The molecule has 2 N–H and O–H groups in total. The Balaban J connectivity index is 1.52. The molecule has 0 saturated carbocycles. The van der Waals surface area contributed by atoms with E-state index in [1.54, 1.807) is 0 Å². The minimum atomic E-state index is -0.229. The third-order valence-corrected chi connectivity index (χ3v) is 5.73. The molecule has 2 aliphatic heterocycles. The number of primary amides is 1. The van der Waals surface area contributed by atoms with Gasteiger partial charge in [0.1, 0.15) is 0 Å². The summed E-state index contributed by atoms with van der Waals surface area (Å²) in [5.41, 5.74) is 9.43. The fraction of sp³-hybridized carbons (Fsp3) is 0.364. The molecule has 0 radical (unpaired) electrons. The molecule has 5 nitrogen and oxygen atoms in total. The van der Waals surface area contributed by atoms with E-state index in [4.69, 9.17) is 5.73 Å². The lowest BCUT2D eigenvalue weighted by molar-refractivity contribution is -0.122. The molecule has 1 saturated heterocycles. The van der Waals surface area contributed by atoms with Gasteiger partial charge in [0.25, 0.3) is 5.91 Å². The van der Waals surface area contributed by atoms with Crippen LogP contribution >= 0.6 is 0 Å². The third-order valence-electron chi connectivity index (χ3n) is 5.73. The molecule has 0 aliphatic carbocycles. The molecular formula is C22H25N3O2. The molecule has 27 heavy (non-hydrogen) atoms. The van der Waals surface area contributed by atoms with E-state index in [1.807, 2.05) is 47.4 Å². The van der Waals surface area contributed by atoms with E-state index in [1.165, 1.54) is 5.56 Å². The zero-order valence-electron chi connectivity index (χ0n) is 15.6. The maximum Gasteiger partial charge on any atom is 0.258 e. The van der Waals surface area contributed by atoms with E-state index in [-0.39, 0.29) is 23.8 Å². The van der Waals surface area contributed by atoms with Crippen LogP contribution in [-0.2, 0) is 11.2 Å². The number of para-hydroxylation sites is 1. The maximum atomic E-state index is 13.1. The van der Waals surface area contributed by atoms with E-state index < -0.39 is 0 Å². The van der Waals surface area contributed by atoms with Crippen molar-refractivity contribution < 1.29 is 9.59 Å². The number of carbonyl (C=O) groups is 2. The normalized spacial score (nSPS) is 21.8. The summed E-state index contributed by atoms with van der Waals surface area (Å²) in [6.45, 7) is 3.65. The quantitative estimate of drug-likeness (QED) is 0.912. The van der Waals surface area contributed by atoms with Gasteiger partial charge in [0.15, 0.2) is 0 Å². The Morgan fingerprint density at radius 3 is 2.56 bits per heavy atom. The molecule has 1 fully saturated rings. The van der Waals surface area contributed by atoms with Gasteiger partial charge in [-0.15, -0.1) is 0 Å². The second-order valence-corrected chi connectivity index (χ2v) is 7.59. The topological polar surface area (TPSA) is 66.6 Å². The molecule has 140 valence electrons. The van der Waals surface area contributed by atoms with Crippen LogP contribution in [0, 0.1) is 5.92 Å². The molecule has 2 aromatic rings. The number of carbonyl (C=O) groups excluding carboxylic acids is 2. The third kappa shape index (κ3) is 3.29. The fourth-order valence-electron chi connectivity index (χ4n) is 4.27. The highest BCUT2D eigenvalue weighted by Gasteiger charge is 2.31. The standard InChI is InChI=1S/C22H25N3O2/c1-15-13-17-5-2-3-7-20(17)25(15)22(27)16-8-10-19(11-9-16)24-12-4-6-18(14-24)21(23)26/h2-3,5,7-11,15,18H,4,6,12-14H2,1H3,(H2,23,26)/t15-,18+/m0/s1. The van der Waals surface area contributed by atoms with Gasteiger partial charge in [0.2, 0.25) is 5.91 Å². The lowest BCUT2D eigenvalue weighted by Crippen LogP contribution is -2.41. The Labute approximate surface area is 159 Å². The van der Waals surface area contributed by atoms with Crippen LogP contribution in [0.1, 0.15) is 35.7 Å². The van der Waals surface area contributed by atoms with Gasteiger partial charge in [-0.05, 0) is 62.1 Å². The predicted octanol–water partition coefficient (Wildman–Crippen LogP) is 2.98. The highest BCUT2D eigenvalue weighted by Crippen LogP contribution is 2.33. The van der Waals surface area contributed by atoms with Gasteiger partial charge >= 0.3 is 0 Å². The van der Waals surface area contributed by atoms with E-state index in [0.717, 1.165) is 37.2 Å². The zero-order chi connectivity index (χ0) is 19.0. The van der Waals surface area contributed by atoms with Crippen molar-refractivity contribution in [2.75, 3.05) is 22.9 Å². The predicted molar refractivity (Wildman–Crippen MR) is 107 cm³/mol. The number of hydrogen-bond acceptors (Lipinski definition) is 3. The minimum Gasteiger partial charge on any atom is -0.371 e. The van der Waals surface area contributed by atoms with Crippen LogP contribution in [0.15, 0.2) is 48.5 Å². The van der Waals surface area contributed by atoms with Crippen LogP contribution < -0.4 is 15.5 Å². The molecule has 2 atom stereocenters. The van der Waals surface area contributed by atoms with Crippen molar-refractivity contribution in [3.63, 3.8) is 0 Å². The average Bonchev–Trinajstić information content (AvgIpc) is 3.03. The second kappa shape index (κ2) is 7.06. The molecule has 2 amide bonds. The Morgan fingerprint density at radius 1 is 1.07 bits per heavy atom. The van der Waals surface area contributed by atoms with Gasteiger partial charge in [-0.1, -0.05) is 18.2 Å². The first-order chi connectivity index (χ1) is 13.0. The van der Waals surface area contributed by atoms with Crippen LogP contribution in [0.2, 0.25) is 0 Å². The monoisotopic (exact) mass is 363 g/mol. The lowest BCUT2D eigenvalue weighted by Gasteiger charge is -2.33. The van der Waals surface area contributed by atoms with E-state index in [0.29, 0.717) is 12.1 Å². The van der Waals surface area contributed by atoms with Crippen LogP contribution in [0.5, 0.6) is 0 Å². The van der Waals surface area contributed by atoms with E-state index in [9.17, 15) is 9.59 Å². The first-order valence-corrected chi connectivity index (χ1v) is 9.60. The number of anilines is 2. The number of nitrogens with two attached hydrogens (primary N) is 1. The van der Waals surface area contributed by atoms with Crippen molar-refractivity contribution >= 4 is 23.2 Å². The van der Waals surface area contributed by atoms with E-state index in [2.05, 4.69) is 17.9 Å². The fourth-order valence-corrected chi connectivity index (χ4v) is 4.27. The van der Waals surface area contributed by atoms with Crippen LogP contribution in [0.4, 0.5) is 11.4 Å². The number of amides is 2. The Morgan fingerprint density at radius 2 is 1.81 bits per heavy atom. The summed E-state index contributed by atoms with van der Waals surface area (Å²) in [7, 11) is 0.